The summed E-state index contributed by atoms with van der Waals surface area (Å²) in [5.74, 6) is 0.716. The van der Waals surface area contributed by atoms with E-state index in [1.807, 2.05) is 12.1 Å². The quantitative estimate of drug-likeness (QED) is 0.544. The van der Waals surface area contributed by atoms with E-state index in [0.29, 0.717) is 11.5 Å². The summed E-state index contributed by atoms with van der Waals surface area (Å²) in [7, 11) is 1.57. The number of methoxy groups -OCH3 is 1. The van der Waals surface area contributed by atoms with Crippen molar-refractivity contribution in [1.82, 2.24) is 0 Å². The fourth-order valence-electron chi connectivity index (χ4n) is 1.93. The molecule has 0 radical (unpaired) electrons. The van der Waals surface area contributed by atoms with Crippen LogP contribution in [0.25, 0.3) is 0 Å². The van der Waals surface area contributed by atoms with E-state index < -0.39 is 5.23 Å². The van der Waals surface area contributed by atoms with Gasteiger partial charge in [-0.15, -0.1) is 5.23 Å². The van der Waals surface area contributed by atoms with Gasteiger partial charge in [0.1, 0.15) is 11.4 Å². The number of ether oxygens (including phenoxy) is 1. The molecule has 2 aromatic rings. The van der Waals surface area contributed by atoms with Gasteiger partial charge in [0.25, 0.3) is 0 Å². The number of benzene rings is 2. The van der Waals surface area contributed by atoms with Crippen molar-refractivity contribution in [1.29, 1.82) is 0 Å². The normalized spacial score (nSPS) is 11.2. The van der Waals surface area contributed by atoms with E-state index in [1.165, 1.54) is 12.1 Å². The lowest BCUT2D eigenvalue weighted by Crippen LogP contribution is -2.14. The first kappa shape index (κ1) is 17.5. The molecule has 0 unspecified atom stereocenters. The second kappa shape index (κ2) is 7.62. The van der Waals surface area contributed by atoms with Crippen molar-refractivity contribution < 1.29 is 15.2 Å². The summed E-state index contributed by atoms with van der Waals surface area (Å²) in [5.41, 5.74) is 3.84. The van der Waals surface area contributed by atoms with E-state index >= 15 is 0 Å². The first-order chi connectivity index (χ1) is 11.4. The van der Waals surface area contributed by atoms with Crippen molar-refractivity contribution in [3.63, 3.8) is 0 Å². The topological polar surface area (TPSA) is 127 Å². The highest BCUT2D eigenvalue weighted by atomic mass is 16.8. The summed E-state index contributed by atoms with van der Waals surface area (Å²) in [4.78, 5) is 0. The van der Waals surface area contributed by atoms with Gasteiger partial charge in [-0.25, -0.2) is 0 Å². The maximum absolute atomic E-state index is 10.8. The van der Waals surface area contributed by atoms with E-state index in [9.17, 15) is 20.8 Å². The predicted molar refractivity (Wildman–Crippen MR) is 90.5 cm³/mol. The fraction of sp³-hybridized carbons (Fsp3) is 0.133. The average molecular weight is 332 g/mol. The highest BCUT2D eigenvalue weighted by Gasteiger charge is 2.08. The fourth-order valence-corrected chi connectivity index (χ4v) is 1.93. The lowest BCUT2D eigenvalue weighted by Gasteiger charge is -2.37. The summed E-state index contributed by atoms with van der Waals surface area (Å²) >= 11 is 0. The zero-order valence-electron chi connectivity index (χ0n) is 13.0. The van der Waals surface area contributed by atoms with Crippen molar-refractivity contribution in [2.75, 3.05) is 23.0 Å². The predicted octanol–water partition coefficient (Wildman–Crippen LogP) is 2.92. The van der Waals surface area contributed by atoms with Gasteiger partial charge in [-0.2, -0.15) is 5.10 Å². The first-order valence-electron chi connectivity index (χ1n) is 6.83. The molecule has 0 aromatic heterocycles. The van der Waals surface area contributed by atoms with Gasteiger partial charge < -0.3 is 20.4 Å². The van der Waals surface area contributed by atoms with Gasteiger partial charge in [0.2, 0.25) is 0 Å². The van der Waals surface area contributed by atoms with Crippen molar-refractivity contribution >= 4 is 22.8 Å². The van der Waals surface area contributed by atoms with Crippen molar-refractivity contribution in [2.45, 2.75) is 6.92 Å². The summed E-state index contributed by atoms with van der Waals surface area (Å²) in [6, 6.07) is 10.8. The van der Waals surface area contributed by atoms with Crippen LogP contribution >= 0.6 is 0 Å². The van der Waals surface area contributed by atoms with Crippen LogP contribution in [-0.4, -0.2) is 23.2 Å². The Kier molecular flexibility index (Phi) is 5.55. The molecule has 0 saturated carbocycles. The number of hydrazone groups is 1. The number of anilines is 3. The third-order valence-corrected chi connectivity index (χ3v) is 3.26. The van der Waals surface area contributed by atoms with Gasteiger partial charge in [0, 0.05) is 5.69 Å². The molecule has 0 bridgehead atoms. The highest BCUT2D eigenvalue weighted by molar-refractivity contribution is 5.99. The third kappa shape index (κ3) is 4.12. The molecule has 3 N–H and O–H groups in total. The molecule has 0 fully saturated rings. The van der Waals surface area contributed by atoms with Crippen LogP contribution in [-0.2, 0) is 0 Å². The number of hydrogen-bond donors (Lipinski definition) is 3. The van der Waals surface area contributed by atoms with Crippen LogP contribution in [0.5, 0.6) is 5.75 Å². The average Bonchev–Trinajstić information content (AvgIpc) is 2.59. The molecule has 2 aromatic carbocycles. The molecule has 0 amide bonds. The Morgan fingerprint density at radius 3 is 2.33 bits per heavy atom. The Morgan fingerprint density at radius 2 is 1.79 bits per heavy atom. The monoisotopic (exact) mass is 332 g/mol. The molecular formula is C15H16N4O5-2. The van der Waals surface area contributed by atoms with E-state index in [-0.39, 0.29) is 22.3 Å². The van der Waals surface area contributed by atoms with E-state index in [0.717, 1.165) is 11.6 Å². The molecule has 0 aliphatic heterocycles. The molecule has 0 heterocycles. The Morgan fingerprint density at radius 1 is 1.12 bits per heavy atom. The SMILES string of the molecule is COc1ccc(C(C)=NNc2ccc(N([O-])[O-])cc2N(O)O)cc1. The summed E-state index contributed by atoms with van der Waals surface area (Å²) in [6.45, 7) is 1.76. The first-order valence-corrected chi connectivity index (χ1v) is 6.83. The standard InChI is InChI=1S/C15H16N4O5/c1-10(11-3-6-13(24-2)7-4-11)16-17-14-8-5-12(18(20)21)9-15(14)19(22)23/h3-9,17,22-23H,1-2H3/q-2. The van der Waals surface area contributed by atoms with Gasteiger partial charge in [0.05, 0.1) is 18.5 Å². The second-order valence-corrected chi connectivity index (χ2v) is 4.79. The molecule has 0 saturated heterocycles. The molecule has 9 nitrogen and oxygen atoms in total. The van der Waals surface area contributed by atoms with E-state index in [1.54, 1.807) is 26.2 Å². The largest absolute Gasteiger partial charge is 0.769 e. The smallest absolute Gasteiger partial charge is 0.121 e. The lowest BCUT2D eigenvalue weighted by atomic mass is 10.1. The van der Waals surface area contributed by atoms with Crippen LogP contribution in [0.2, 0.25) is 0 Å². The minimum atomic E-state index is -0.636. The molecule has 128 valence electrons. The van der Waals surface area contributed by atoms with Crippen LogP contribution in [0, 0.1) is 10.4 Å². The maximum Gasteiger partial charge on any atom is 0.121 e. The Hall–Kier alpha value is -2.85. The molecule has 0 spiro atoms. The minimum Gasteiger partial charge on any atom is -0.769 e. The Bertz CT molecular complexity index is 716. The number of nitrogens with one attached hydrogen (secondary N) is 1. The summed E-state index contributed by atoms with van der Waals surface area (Å²) < 4.78 is 5.08. The molecule has 9 heteroatoms. The zero-order valence-corrected chi connectivity index (χ0v) is 13.0. The van der Waals surface area contributed by atoms with Gasteiger partial charge in [0.15, 0.2) is 0 Å². The highest BCUT2D eigenvalue weighted by Crippen LogP contribution is 2.29. The van der Waals surface area contributed by atoms with Gasteiger partial charge in [-0.1, -0.05) is 0 Å². The Labute approximate surface area is 138 Å². The number of rotatable bonds is 6. The second-order valence-electron chi connectivity index (χ2n) is 4.79. The van der Waals surface area contributed by atoms with Crippen LogP contribution in [0.15, 0.2) is 47.6 Å². The van der Waals surface area contributed by atoms with E-state index in [2.05, 4.69) is 10.5 Å². The van der Waals surface area contributed by atoms with Crippen LogP contribution in [0.4, 0.5) is 17.1 Å². The van der Waals surface area contributed by atoms with Gasteiger partial charge in [-0.05, 0) is 55.0 Å². The third-order valence-electron chi connectivity index (χ3n) is 3.26. The maximum atomic E-state index is 10.8. The van der Waals surface area contributed by atoms with Crippen LogP contribution < -0.4 is 20.6 Å². The molecule has 2 rings (SSSR count). The zero-order chi connectivity index (χ0) is 17.7. The van der Waals surface area contributed by atoms with Crippen molar-refractivity contribution in [2.24, 2.45) is 5.10 Å². The lowest BCUT2D eigenvalue weighted by molar-refractivity contribution is 0.0295. The van der Waals surface area contributed by atoms with Crippen LogP contribution in [0.1, 0.15) is 12.5 Å². The van der Waals surface area contributed by atoms with Gasteiger partial charge in [-0.3, -0.25) is 15.8 Å². The molecular weight excluding hydrogens is 316 g/mol. The Balaban J connectivity index is 2.23. The number of nitrogens with zero attached hydrogens (tertiary/aromatic N) is 3. The molecule has 0 atom stereocenters. The van der Waals surface area contributed by atoms with Crippen LogP contribution in [0.3, 0.4) is 0 Å². The molecule has 0 aliphatic rings. The summed E-state index contributed by atoms with van der Waals surface area (Å²) in [6.07, 6.45) is 0. The van der Waals surface area contributed by atoms with Crippen molar-refractivity contribution in [3.8, 4) is 5.75 Å². The molecule has 0 aliphatic carbocycles. The number of hydrogen-bond acceptors (Lipinski definition) is 9. The summed E-state index contributed by atoms with van der Waals surface area (Å²) in [5, 5.41) is 43.2. The van der Waals surface area contributed by atoms with Gasteiger partial charge >= 0.3 is 0 Å². The van der Waals surface area contributed by atoms with Crippen molar-refractivity contribution in [3.05, 3.63) is 58.4 Å². The van der Waals surface area contributed by atoms with E-state index in [4.69, 9.17) is 4.74 Å². The minimum absolute atomic E-state index is 0.193. The molecule has 24 heavy (non-hydrogen) atoms.